The summed E-state index contributed by atoms with van der Waals surface area (Å²) in [6.45, 7) is 9.40. The van der Waals surface area contributed by atoms with Gasteiger partial charge in [-0.05, 0) is 37.4 Å². The molecule has 1 N–H and O–H groups in total. The Balaban J connectivity index is 4.39. The van der Waals surface area contributed by atoms with E-state index in [1.54, 1.807) is 20.8 Å². The van der Waals surface area contributed by atoms with E-state index in [1.165, 1.54) is 0 Å². The van der Waals surface area contributed by atoms with Crippen LogP contribution >= 0.6 is 21.7 Å². The molecule has 1 amide bonds. The Bertz CT molecular complexity index is 305. The highest BCUT2D eigenvalue weighted by atomic mass is 35.7. The molecule has 0 bridgehead atoms. The van der Waals surface area contributed by atoms with Crippen molar-refractivity contribution in [2.75, 3.05) is 12.4 Å². The van der Waals surface area contributed by atoms with Crippen molar-refractivity contribution in [3.63, 3.8) is 0 Å². The van der Waals surface area contributed by atoms with Crippen molar-refractivity contribution in [1.82, 2.24) is 5.32 Å². The number of carbonyl (C=O) groups excluding carboxylic acids is 2. The second-order valence-corrected chi connectivity index (χ2v) is 6.70. The molecule has 112 valence electrons. The average molecular weight is 312 g/mol. The van der Waals surface area contributed by atoms with Crippen molar-refractivity contribution in [1.29, 1.82) is 0 Å². The van der Waals surface area contributed by atoms with E-state index in [0.717, 1.165) is 11.0 Å². The van der Waals surface area contributed by atoms with Gasteiger partial charge in [0.15, 0.2) is 0 Å². The lowest BCUT2D eigenvalue weighted by molar-refractivity contribution is -0.146. The van der Waals surface area contributed by atoms with E-state index in [0.29, 0.717) is 6.61 Å². The Morgan fingerprint density at radius 2 is 1.89 bits per heavy atom. The average Bonchev–Trinajstić information content (AvgIpc) is 2.22. The molecule has 0 aromatic heterocycles. The van der Waals surface area contributed by atoms with Crippen molar-refractivity contribution >= 4 is 33.7 Å². The van der Waals surface area contributed by atoms with Crippen LogP contribution in [0.4, 0.5) is 4.79 Å². The minimum Gasteiger partial charge on any atom is -0.464 e. The summed E-state index contributed by atoms with van der Waals surface area (Å²) in [7, 11) is 6.47. The first-order valence-corrected chi connectivity index (χ1v) is 7.86. The molecule has 0 saturated carbocycles. The fraction of sp³-hybridized carbons (Fsp3) is 0.833. The number of rotatable bonds is 6. The second-order valence-electron chi connectivity index (χ2n) is 5.50. The maximum atomic E-state index is 11.8. The van der Waals surface area contributed by atoms with E-state index < -0.39 is 23.7 Å². The fourth-order valence-corrected chi connectivity index (χ4v) is 1.75. The second kappa shape index (κ2) is 8.53. The number of nitrogens with one attached hydrogen (secondary N) is 1. The van der Waals surface area contributed by atoms with Crippen LogP contribution in [0.15, 0.2) is 0 Å². The van der Waals surface area contributed by atoms with Crippen molar-refractivity contribution in [2.45, 2.75) is 46.3 Å². The Kier molecular flexibility index (Phi) is 8.25. The van der Waals surface area contributed by atoms with Crippen LogP contribution in [-0.2, 0) is 14.3 Å². The SMILES string of the molecule is CC(C)COC(=O)C(CSCl)NC(=O)OC(C)(C)C. The van der Waals surface area contributed by atoms with Gasteiger partial charge in [0.1, 0.15) is 11.6 Å². The van der Waals surface area contributed by atoms with E-state index in [9.17, 15) is 9.59 Å². The van der Waals surface area contributed by atoms with Crippen LogP contribution in [0.1, 0.15) is 34.6 Å². The van der Waals surface area contributed by atoms with Gasteiger partial charge in [-0.1, -0.05) is 24.8 Å². The molecule has 1 unspecified atom stereocenters. The van der Waals surface area contributed by atoms with Crippen LogP contribution in [0, 0.1) is 5.92 Å². The molecule has 0 spiro atoms. The van der Waals surface area contributed by atoms with Gasteiger partial charge in [0, 0.05) is 5.75 Å². The van der Waals surface area contributed by atoms with Gasteiger partial charge >= 0.3 is 12.1 Å². The molecule has 0 aromatic carbocycles. The zero-order valence-electron chi connectivity index (χ0n) is 12.0. The normalized spacial score (nSPS) is 13.0. The third kappa shape index (κ3) is 9.90. The van der Waals surface area contributed by atoms with E-state index in [1.807, 2.05) is 13.8 Å². The van der Waals surface area contributed by atoms with Gasteiger partial charge in [-0.15, -0.1) is 0 Å². The van der Waals surface area contributed by atoms with E-state index in [2.05, 4.69) is 5.32 Å². The topological polar surface area (TPSA) is 64.6 Å². The molecule has 0 aromatic rings. The van der Waals surface area contributed by atoms with Gasteiger partial charge in [0.2, 0.25) is 0 Å². The fourth-order valence-electron chi connectivity index (χ4n) is 1.03. The van der Waals surface area contributed by atoms with E-state index in [-0.39, 0.29) is 11.7 Å². The summed E-state index contributed by atoms with van der Waals surface area (Å²) in [5, 5.41) is 2.46. The van der Waals surface area contributed by atoms with Crippen LogP contribution in [0.3, 0.4) is 0 Å². The zero-order valence-corrected chi connectivity index (χ0v) is 13.6. The Hall–Kier alpha value is -0.620. The van der Waals surface area contributed by atoms with Crippen LogP contribution in [-0.4, -0.2) is 36.1 Å². The van der Waals surface area contributed by atoms with Gasteiger partial charge in [-0.25, -0.2) is 9.59 Å². The maximum absolute atomic E-state index is 11.8. The van der Waals surface area contributed by atoms with E-state index >= 15 is 0 Å². The summed E-state index contributed by atoms with van der Waals surface area (Å²) < 4.78 is 10.1. The maximum Gasteiger partial charge on any atom is 0.408 e. The molecule has 0 heterocycles. The summed E-state index contributed by atoms with van der Waals surface area (Å²) in [4.78, 5) is 23.4. The predicted octanol–water partition coefficient (Wildman–Crippen LogP) is 2.97. The number of alkyl carbamates (subject to hydrolysis) is 1. The number of halogens is 1. The van der Waals surface area contributed by atoms with Crippen molar-refractivity contribution in [2.24, 2.45) is 5.92 Å². The van der Waals surface area contributed by atoms with Gasteiger partial charge in [-0.3, -0.25) is 0 Å². The lowest BCUT2D eigenvalue weighted by atomic mass is 10.2. The minimum absolute atomic E-state index is 0.220. The third-order valence-corrected chi connectivity index (χ3v) is 2.60. The lowest BCUT2D eigenvalue weighted by Crippen LogP contribution is -2.45. The zero-order chi connectivity index (χ0) is 15.1. The van der Waals surface area contributed by atoms with Crippen molar-refractivity contribution in [3.8, 4) is 0 Å². The number of amides is 1. The summed E-state index contributed by atoms with van der Waals surface area (Å²) in [5.41, 5.74) is -0.620. The van der Waals surface area contributed by atoms with Crippen molar-refractivity contribution < 1.29 is 19.1 Å². The quantitative estimate of drug-likeness (QED) is 0.764. The first kappa shape index (κ1) is 18.4. The molecule has 5 nitrogen and oxygen atoms in total. The predicted molar refractivity (Wildman–Crippen MR) is 77.3 cm³/mol. The molecular weight excluding hydrogens is 290 g/mol. The van der Waals surface area contributed by atoms with E-state index in [4.69, 9.17) is 20.2 Å². The Labute approximate surface area is 123 Å². The molecule has 0 fully saturated rings. The summed E-state index contributed by atoms with van der Waals surface area (Å²) >= 11 is 0. The first-order valence-electron chi connectivity index (χ1n) is 6.05. The number of ether oxygens (including phenoxy) is 2. The Morgan fingerprint density at radius 3 is 2.32 bits per heavy atom. The van der Waals surface area contributed by atoms with Crippen molar-refractivity contribution in [3.05, 3.63) is 0 Å². The molecule has 7 heteroatoms. The van der Waals surface area contributed by atoms with Crippen LogP contribution in [0.2, 0.25) is 0 Å². The number of esters is 1. The van der Waals surface area contributed by atoms with Crippen LogP contribution in [0.5, 0.6) is 0 Å². The third-order valence-electron chi connectivity index (χ3n) is 1.76. The highest BCUT2D eigenvalue weighted by Crippen LogP contribution is 2.11. The summed E-state index contributed by atoms with van der Waals surface area (Å²) in [6.07, 6.45) is -0.662. The highest BCUT2D eigenvalue weighted by Gasteiger charge is 2.25. The number of hydrogen-bond donors (Lipinski definition) is 1. The largest absolute Gasteiger partial charge is 0.464 e. The van der Waals surface area contributed by atoms with Gasteiger partial charge in [0.05, 0.1) is 6.61 Å². The van der Waals surface area contributed by atoms with Crippen LogP contribution < -0.4 is 5.32 Å². The molecule has 0 aliphatic rings. The molecule has 0 rings (SSSR count). The minimum atomic E-state index is -0.809. The summed E-state index contributed by atoms with van der Waals surface area (Å²) in [6, 6.07) is -0.809. The Morgan fingerprint density at radius 1 is 1.32 bits per heavy atom. The monoisotopic (exact) mass is 311 g/mol. The molecule has 0 aliphatic carbocycles. The highest BCUT2D eigenvalue weighted by molar-refractivity contribution is 8.21. The smallest absolute Gasteiger partial charge is 0.408 e. The van der Waals surface area contributed by atoms with Gasteiger partial charge in [0.25, 0.3) is 0 Å². The molecule has 19 heavy (non-hydrogen) atoms. The molecule has 0 aliphatic heterocycles. The number of carbonyl (C=O) groups is 2. The van der Waals surface area contributed by atoms with Crippen LogP contribution in [0.25, 0.3) is 0 Å². The standard InChI is InChI=1S/C12H22ClNO4S/c1-8(2)6-17-10(15)9(7-19-13)14-11(16)18-12(3,4)5/h8-9H,6-7H2,1-5H3,(H,14,16). The lowest BCUT2D eigenvalue weighted by Gasteiger charge is -2.22. The molecule has 0 radical (unpaired) electrons. The van der Waals surface area contributed by atoms with Gasteiger partial charge in [-0.2, -0.15) is 0 Å². The molecular formula is C12H22ClNO4S. The first-order chi connectivity index (χ1) is 8.65. The molecule has 1 atom stereocenters. The summed E-state index contributed by atoms with van der Waals surface area (Å²) in [5.74, 6) is -0.0555. The number of hydrogen-bond acceptors (Lipinski definition) is 5. The molecule has 0 saturated heterocycles. The van der Waals surface area contributed by atoms with Gasteiger partial charge < -0.3 is 14.8 Å².